The van der Waals surface area contributed by atoms with Gasteiger partial charge in [0.1, 0.15) is 0 Å². The van der Waals surface area contributed by atoms with Crippen molar-refractivity contribution in [1.29, 1.82) is 0 Å². The molecule has 2 saturated carbocycles. The molecule has 2 aliphatic carbocycles. The molecule has 2 heterocycles. The monoisotopic (exact) mass is 262 g/mol. The lowest BCUT2D eigenvalue weighted by molar-refractivity contribution is 0.0226. The van der Waals surface area contributed by atoms with E-state index >= 15 is 0 Å². The van der Waals surface area contributed by atoms with Crippen LogP contribution in [0.4, 0.5) is 0 Å². The molecule has 19 heavy (non-hydrogen) atoms. The van der Waals surface area contributed by atoms with Crippen LogP contribution in [0.3, 0.4) is 0 Å². The average Bonchev–Trinajstić information content (AvgIpc) is 2.79. The molecule has 1 N–H and O–H groups in total. The number of rotatable bonds is 0. The quantitative estimate of drug-likeness (QED) is 0.722. The van der Waals surface area contributed by atoms with Crippen LogP contribution in [0.15, 0.2) is 0 Å². The number of nitrogens with one attached hydrogen (secondary N) is 1. The Kier molecular flexibility index (Phi) is 2.97. The molecule has 6 atom stereocenters. The van der Waals surface area contributed by atoms with Crippen LogP contribution < -0.4 is 5.32 Å². The van der Waals surface area contributed by atoms with Crippen molar-refractivity contribution in [3.05, 3.63) is 0 Å². The van der Waals surface area contributed by atoms with Crippen LogP contribution in [0, 0.1) is 23.2 Å². The molecule has 2 nitrogen and oxygen atoms in total. The molecular weight excluding hydrogens is 232 g/mol. The predicted molar refractivity (Wildman–Crippen MR) is 79.1 cm³/mol. The Morgan fingerprint density at radius 3 is 2.79 bits per heavy atom. The second-order valence-electron chi connectivity index (χ2n) is 8.10. The molecule has 108 valence electrons. The number of hydrogen-bond donors (Lipinski definition) is 1. The van der Waals surface area contributed by atoms with Gasteiger partial charge in [-0.05, 0) is 88.3 Å². The molecule has 0 aromatic carbocycles. The van der Waals surface area contributed by atoms with Gasteiger partial charge < -0.3 is 10.2 Å². The van der Waals surface area contributed by atoms with Crippen molar-refractivity contribution < 1.29 is 0 Å². The Hall–Kier alpha value is -0.0800. The first-order valence-electron chi connectivity index (χ1n) is 8.65. The van der Waals surface area contributed by atoms with Crippen LogP contribution in [0.1, 0.15) is 51.9 Å². The van der Waals surface area contributed by atoms with Crippen LogP contribution in [0.5, 0.6) is 0 Å². The van der Waals surface area contributed by atoms with E-state index < -0.39 is 0 Å². The Labute approximate surface area is 118 Å². The minimum absolute atomic E-state index is 0.711. The van der Waals surface area contributed by atoms with Crippen molar-refractivity contribution >= 4 is 0 Å². The first kappa shape index (κ1) is 12.6. The number of nitrogens with zero attached hydrogens (tertiary/aromatic N) is 1. The lowest BCUT2D eigenvalue weighted by Crippen LogP contribution is -2.52. The molecule has 2 bridgehead atoms. The van der Waals surface area contributed by atoms with Crippen molar-refractivity contribution in [3.63, 3.8) is 0 Å². The summed E-state index contributed by atoms with van der Waals surface area (Å²) in [5, 5.41) is 4.06. The second kappa shape index (κ2) is 4.46. The summed E-state index contributed by atoms with van der Waals surface area (Å²) in [6, 6.07) is 1.75. The molecule has 2 heteroatoms. The van der Waals surface area contributed by atoms with E-state index in [9.17, 15) is 0 Å². The highest BCUT2D eigenvalue weighted by Crippen LogP contribution is 2.64. The van der Waals surface area contributed by atoms with Gasteiger partial charge in [0.2, 0.25) is 0 Å². The second-order valence-corrected chi connectivity index (χ2v) is 8.10. The van der Waals surface area contributed by atoms with Crippen LogP contribution >= 0.6 is 0 Å². The van der Waals surface area contributed by atoms with E-state index in [2.05, 4.69) is 24.2 Å². The molecule has 0 radical (unpaired) electrons. The Balaban J connectivity index is 1.64. The third-order valence-electron chi connectivity index (χ3n) is 7.07. The van der Waals surface area contributed by atoms with E-state index in [0.29, 0.717) is 5.41 Å². The topological polar surface area (TPSA) is 15.3 Å². The van der Waals surface area contributed by atoms with E-state index in [-0.39, 0.29) is 0 Å². The standard InChI is InChI=1S/C17H30N2/c1-12-9-13-11-15-14-5-3-7-19(2)8-4-6-17(13,14)16(10-12)18-15/h12-16,18H,3-11H2,1-2H3/t12-,13+,14-,15-,16+,17-/m1/s1. The Bertz CT molecular complexity index is 337. The summed E-state index contributed by atoms with van der Waals surface area (Å²) < 4.78 is 0. The minimum atomic E-state index is 0.711. The Morgan fingerprint density at radius 2 is 1.95 bits per heavy atom. The van der Waals surface area contributed by atoms with Crippen molar-refractivity contribution in [3.8, 4) is 0 Å². The van der Waals surface area contributed by atoms with Crippen LogP contribution in [0.25, 0.3) is 0 Å². The summed E-state index contributed by atoms with van der Waals surface area (Å²) in [5.41, 5.74) is 0.711. The lowest BCUT2D eigenvalue weighted by Gasteiger charge is -2.49. The summed E-state index contributed by atoms with van der Waals surface area (Å²) in [6.07, 6.45) is 10.3. The molecule has 2 aliphatic heterocycles. The van der Waals surface area contributed by atoms with Crippen LogP contribution in [-0.4, -0.2) is 37.1 Å². The van der Waals surface area contributed by atoms with Gasteiger partial charge in [0.25, 0.3) is 0 Å². The predicted octanol–water partition coefficient (Wildman–Crippen LogP) is 2.89. The molecule has 1 spiro atoms. The third-order valence-corrected chi connectivity index (χ3v) is 7.07. The molecule has 0 aromatic rings. The van der Waals surface area contributed by atoms with Crippen molar-refractivity contribution in [1.82, 2.24) is 10.2 Å². The fraction of sp³-hybridized carbons (Fsp3) is 1.00. The SMILES string of the molecule is C[C@@H]1C[C@H]2C[C@H]3N[C@@H](C1)[C@]21CCCN(C)CCC[C@H]31. The molecule has 0 unspecified atom stereocenters. The molecule has 0 aromatic heterocycles. The molecule has 4 rings (SSSR count). The normalized spacial score (nSPS) is 54.3. The molecule has 4 fully saturated rings. The van der Waals surface area contributed by atoms with Gasteiger partial charge >= 0.3 is 0 Å². The van der Waals surface area contributed by atoms with Gasteiger partial charge in [-0.3, -0.25) is 0 Å². The first-order chi connectivity index (χ1) is 9.20. The average molecular weight is 262 g/mol. The maximum absolute atomic E-state index is 4.06. The van der Waals surface area contributed by atoms with Gasteiger partial charge in [-0.25, -0.2) is 0 Å². The van der Waals surface area contributed by atoms with E-state index in [1.165, 1.54) is 58.0 Å². The van der Waals surface area contributed by atoms with Crippen LogP contribution in [0.2, 0.25) is 0 Å². The van der Waals surface area contributed by atoms with E-state index in [1.807, 2.05) is 0 Å². The van der Waals surface area contributed by atoms with E-state index in [1.54, 1.807) is 0 Å². The highest BCUT2D eigenvalue weighted by atomic mass is 15.1. The summed E-state index contributed by atoms with van der Waals surface area (Å²) in [4.78, 5) is 2.57. The minimum Gasteiger partial charge on any atom is -0.310 e. The summed E-state index contributed by atoms with van der Waals surface area (Å²) in [6.45, 7) is 5.14. The maximum Gasteiger partial charge on any atom is 0.0135 e. The number of piperidine rings is 1. The largest absolute Gasteiger partial charge is 0.310 e. The lowest BCUT2D eigenvalue weighted by atomic mass is 9.57. The molecule has 0 amide bonds. The van der Waals surface area contributed by atoms with Gasteiger partial charge in [-0.1, -0.05) is 6.92 Å². The van der Waals surface area contributed by atoms with Gasteiger partial charge in [0.05, 0.1) is 0 Å². The van der Waals surface area contributed by atoms with Crippen LogP contribution in [-0.2, 0) is 0 Å². The highest BCUT2D eigenvalue weighted by molar-refractivity contribution is 5.18. The number of hydrogen-bond acceptors (Lipinski definition) is 2. The summed E-state index contributed by atoms with van der Waals surface area (Å²) in [7, 11) is 2.32. The van der Waals surface area contributed by atoms with E-state index in [4.69, 9.17) is 0 Å². The van der Waals surface area contributed by atoms with Gasteiger partial charge in [0.15, 0.2) is 0 Å². The Morgan fingerprint density at radius 1 is 1.11 bits per heavy atom. The fourth-order valence-corrected chi connectivity index (χ4v) is 6.48. The fourth-order valence-electron chi connectivity index (χ4n) is 6.48. The molecule has 2 saturated heterocycles. The van der Waals surface area contributed by atoms with Gasteiger partial charge in [0, 0.05) is 12.1 Å². The van der Waals surface area contributed by atoms with E-state index in [0.717, 1.165) is 29.8 Å². The maximum atomic E-state index is 4.06. The smallest absolute Gasteiger partial charge is 0.0135 e. The molecule has 4 aliphatic rings. The van der Waals surface area contributed by atoms with Crippen molar-refractivity contribution in [2.24, 2.45) is 23.2 Å². The zero-order valence-corrected chi connectivity index (χ0v) is 12.7. The van der Waals surface area contributed by atoms with Crippen molar-refractivity contribution in [2.45, 2.75) is 64.0 Å². The summed E-state index contributed by atoms with van der Waals surface area (Å²) >= 11 is 0. The molecular formula is C17H30N2. The zero-order chi connectivity index (χ0) is 13.0. The third kappa shape index (κ3) is 1.75. The van der Waals surface area contributed by atoms with Gasteiger partial charge in [-0.2, -0.15) is 0 Å². The zero-order valence-electron chi connectivity index (χ0n) is 12.7. The van der Waals surface area contributed by atoms with Crippen molar-refractivity contribution in [2.75, 3.05) is 20.1 Å². The highest BCUT2D eigenvalue weighted by Gasteiger charge is 2.64. The first-order valence-corrected chi connectivity index (χ1v) is 8.65. The summed E-state index contributed by atoms with van der Waals surface area (Å²) in [5.74, 6) is 3.03. The van der Waals surface area contributed by atoms with Gasteiger partial charge in [-0.15, -0.1) is 0 Å².